The zero-order valence-electron chi connectivity index (χ0n) is 17.3. The lowest BCUT2D eigenvalue weighted by Gasteiger charge is -2.26. The van der Waals surface area contributed by atoms with Gasteiger partial charge in [-0.15, -0.1) is 0 Å². The fourth-order valence-corrected chi connectivity index (χ4v) is 3.56. The first-order valence-electron chi connectivity index (χ1n) is 9.94. The zero-order valence-corrected chi connectivity index (χ0v) is 17.3. The smallest absolute Gasteiger partial charge is 0.244 e. The van der Waals surface area contributed by atoms with Crippen LogP contribution in [-0.4, -0.2) is 54.0 Å². The number of hydrogen-bond acceptors (Lipinski definition) is 4. The fraction of sp³-hybridized carbons (Fsp3) is 0.261. The topological polar surface area (TPSA) is 61.0 Å². The Morgan fingerprint density at radius 2 is 1.88 bits per heavy atom. The molecular formula is C23H20F2N4O3. The van der Waals surface area contributed by atoms with Crippen LogP contribution in [0, 0.1) is 18.2 Å². The Hall–Kier alpha value is -3.77. The largest absolute Gasteiger partial charge is 0.494 e. The Labute approximate surface area is 183 Å². The molecule has 1 fully saturated rings. The molecule has 32 heavy (non-hydrogen) atoms. The molecule has 0 aliphatic carbocycles. The summed E-state index contributed by atoms with van der Waals surface area (Å²) >= 11 is 0. The Balaban J connectivity index is 1.74. The predicted octanol–water partition coefficient (Wildman–Crippen LogP) is 3.91. The fourth-order valence-electron chi connectivity index (χ4n) is 3.56. The molecule has 2 aromatic carbocycles. The maximum Gasteiger partial charge on any atom is 0.244 e. The highest BCUT2D eigenvalue weighted by atomic mass is 19.1. The van der Waals surface area contributed by atoms with E-state index in [-0.39, 0.29) is 23.9 Å². The minimum atomic E-state index is -0.677. The Morgan fingerprint density at radius 1 is 1.16 bits per heavy atom. The molecular weight excluding hydrogens is 418 g/mol. The summed E-state index contributed by atoms with van der Waals surface area (Å²) in [6.45, 7) is 9.00. The van der Waals surface area contributed by atoms with Crippen LogP contribution in [0.5, 0.6) is 5.75 Å². The van der Waals surface area contributed by atoms with E-state index in [1.54, 1.807) is 23.2 Å². The normalized spacial score (nSPS) is 13.6. The van der Waals surface area contributed by atoms with Gasteiger partial charge in [-0.05, 0) is 23.8 Å². The lowest BCUT2D eigenvalue weighted by molar-refractivity contribution is -0.136. The number of amides is 1. The van der Waals surface area contributed by atoms with Crippen LogP contribution in [0.3, 0.4) is 0 Å². The van der Waals surface area contributed by atoms with E-state index in [0.717, 1.165) is 0 Å². The number of morpholine rings is 1. The molecule has 1 aromatic heterocycles. The summed E-state index contributed by atoms with van der Waals surface area (Å²) in [6, 6.07) is 8.63. The molecule has 3 aromatic rings. The average Bonchev–Trinajstić information content (AvgIpc) is 3.23. The first-order valence-corrected chi connectivity index (χ1v) is 9.94. The Morgan fingerprint density at radius 3 is 2.53 bits per heavy atom. The maximum atomic E-state index is 14.4. The molecule has 2 heterocycles. The second-order valence-electron chi connectivity index (χ2n) is 7.21. The minimum Gasteiger partial charge on any atom is -0.494 e. The summed E-state index contributed by atoms with van der Waals surface area (Å²) in [6.07, 6.45) is 1.63. The van der Waals surface area contributed by atoms with Gasteiger partial charge in [-0.3, -0.25) is 9.48 Å². The van der Waals surface area contributed by atoms with Gasteiger partial charge in [-0.1, -0.05) is 18.2 Å². The van der Waals surface area contributed by atoms with Crippen LogP contribution in [0.15, 0.2) is 42.6 Å². The monoisotopic (exact) mass is 438 g/mol. The van der Waals surface area contributed by atoms with E-state index in [0.29, 0.717) is 48.7 Å². The second-order valence-corrected chi connectivity index (χ2v) is 7.21. The van der Waals surface area contributed by atoms with Gasteiger partial charge in [0.15, 0.2) is 11.6 Å². The molecule has 0 radical (unpaired) electrons. The first-order chi connectivity index (χ1) is 15.5. The summed E-state index contributed by atoms with van der Waals surface area (Å²) in [7, 11) is 1.38. The van der Waals surface area contributed by atoms with E-state index in [1.807, 2.05) is 0 Å². The number of hydrogen-bond donors (Lipinski definition) is 0. The van der Waals surface area contributed by atoms with Gasteiger partial charge in [0, 0.05) is 30.4 Å². The third kappa shape index (κ3) is 4.31. The molecule has 1 amide bonds. The molecule has 1 aliphatic heterocycles. The number of ether oxygens (including phenoxy) is 2. The van der Waals surface area contributed by atoms with Gasteiger partial charge in [-0.2, -0.15) is 5.10 Å². The minimum absolute atomic E-state index is 0.0196. The van der Waals surface area contributed by atoms with Gasteiger partial charge in [0.2, 0.25) is 11.6 Å². The Bertz CT molecular complexity index is 1200. The van der Waals surface area contributed by atoms with E-state index in [9.17, 15) is 13.6 Å². The number of methoxy groups -OCH3 is 1. The van der Waals surface area contributed by atoms with Crippen molar-refractivity contribution in [1.82, 2.24) is 14.7 Å². The van der Waals surface area contributed by atoms with Crippen molar-refractivity contribution in [3.05, 3.63) is 65.6 Å². The lowest BCUT2D eigenvalue weighted by atomic mass is 10.0. The summed E-state index contributed by atoms with van der Waals surface area (Å²) in [5, 5.41) is 4.50. The standard InChI is InChI=1S/C23H20F2N4O3/c1-26-20-5-3-16(12-18(20)24)23-17(15-4-6-21(31-2)19(25)11-15)13-29(27-23)14-22(30)28-7-9-32-10-8-28/h3-6,11-13H,7-10,14H2,2H3. The van der Waals surface area contributed by atoms with Gasteiger partial charge in [-0.25, -0.2) is 13.6 Å². The van der Waals surface area contributed by atoms with Crippen LogP contribution >= 0.6 is 0 Å². The van der Waals surface area contributed by atoms with Crippen LogP contribution in [0.25, 0.3) is 27.2 Å². The van der Waals surface area contributed by atoms with Crippen molar-refractivity contribution in [3.8, 4) is 28.1 Å². The van der Waals surface area contributed by atoms with Crippen molar-refractivity contribution >= 4 is 11.6 Å². The molecule has 0 bridgehead atoms. The third-order valence-electron chi connectivity index (χ3n) is 5.23. The molecule has 1 saturated heterocycles. The lowest BCUT2D eigenvalue weighted by Crippen LogP contribution is -2.42. The van der Waals surface area contributed by atoms with Crippen molar-refractivity contribution in [3.63, 3.8) is 0 Å². The molecule has 0 atom stereocenters. The van der Waals surface area contributed by atoms with E-state index in [2.05, 4.69) is 9.94 Å². The molecule has 0 unspecified atom stereocenters. The number of nitrogens with zero attached hydrogens (tertiary/aromatic N) is 4. The second kappa shape index (κ2) is 9.16. The Kier molecular flexibility index (Phi) is 6.14. The number of benzene rings is 2. The van der Waals surface area contributed by atoms with Crippen LogP contribution in [0.2, 0.25) is 0 Å². The number of aromatic nitrogens is 2. The van der Waals surface area contributed by atoms with Gasteiger partial charge < -0.3 is 14.4 Å². The molecule has 0 saturated carbocycles. The third-order valence-corrected chi connectivity index (χ3v) is 5.23. The summed E-state index contributed by atoms with van der Waals surface area (Å²) in [5.41, 5.74) is 1.71. The first kappa shape index (κ1) is 21.5. The number of carbonyl (C=O) groups is 1. The van der Waals surface area contributed by atoms with Crippen LogP contribution in [0.4, 0.5) is 14.5 Å². The SMILES string of the molecule is [C-]#[N+]c1ccc(-c2nn(CC(=O)N3CCOCC3)cc2-c2ccc(OC)c(F)c2)cc1F. The van der Waals surface area contributed by atoms with Crippen LogP contribution < -0.4 is 4.74 Å². The highest BCUT2D eigenvalue weighted by Crippen LogP contribution is 2.35. The van der Waals surface area contributed by atoms with Gasteiger partial charge >= 0.3 is 0 Å². The highest BCUT2D eigenvalue weighted by Gasteiger charge is 2.21. The van der Waals surface area contributed by atoms with Crippen molar-refractivity contribution in [1.29, 1.82) is 0 Å². The summed E-state index contributed by atoms with van der Waals surface area (Å²) in [5.74, 6) is -1.26. The molecule has 0 spiro atoms. The van der Waals surface area contributed by atoms with Gasteiger partial charge in [0.05, 0.1) is 26.9 Å². The molecule has 1 aliphatic rings. The summed E-state index contributed by atoms with van der Waals surface area (Å²) < 4.78 is 40.4. The van der Waals surface area contributed by atoms with Crippen LogP contribution in [0.1, 0.15) is 0 Å². The molecule has 7 nitrogen and oxygen atoms in total. The highest BCUT2D eigenvalue weighted by molar-refractivity contribution is 5.82. The van der Waals surface area contributed by atoms with E-state index in [1.165, 1.54) is 36.1 Å². The average molecular weight is 438 g/mol. The number of halogens is 2. The number of carbonyl (C=O) groups excluding carboxylic acids is 1. The quantitative estimate of drug-likeness (QED) is 0.567. The molecule has 164 valence electrons. The van der Waals surface area contributed by atoms with Crippen molar-refractivity contribution in [2.75, 3.05) is 33.4 Å². The molecule has 4 rings (SSSR count). The van der Waals surface area contributed by atoms with Crippen molar-refractivity contribution < 1.29 is 23.0 Å². The van der Waals surface area contributed by atoms with Crippen LogP contribution in [-0.2, 0) is 16.1 Å². The zero-order chi connectivity index (χ0) is 22.7. The van der Waals surface area contributed by atoms with E-state index < -0.39 is 11.6 Å². The summed E-state index contributed by atoms with van der Waals surface area (Å²) in [4.78, 5) is 17.5. The van der Waals surface area contributed by atoms with Crippen molar-refractivity contribution in [2.24, 2.45) is 0 Å². The molecule has 9 heteroatoms. The van der Waals surface area contributed by atoms with E-state index in [4.69, 9.17) is 16.0 Å². The van der Waals surface area contributed by atoms with E-state index >= 15 is 0 Å². The maximum absolute atomic E-state index is 14.4. The van der Waals surface area contributed by atoms with Gasteiger partial charge in [0.25, 0.3) is 0 Å². The predicted molar refractivity (Wildman–Crippen MR) is 113 cm³/mol. The molecule has 0 N–H and O–H groups in total. The van der Waals surface area contributed by atoms with Gasteiger partial charge in [0.1, 0.15) is 18.1 Å². The number of rotatable bonds is 5. The van der Waals surface area contributed by atoms with Crippen molar-refractivity contribution in [2.45, 2.75) is 6.54 Å².